The Labute approximate surface area is 124 Å². The molecule has 2 aromatic carbocycles. The van der Waals surface area contributed by atoms with Gasteiger partial charge in [-0.1, -0.05) is 36.4 Å². The lowest BCUT2D eigenvalue weighted by Crippen LogP contribution is -2.05. The van der Waals surface area contributed by atoms with Crippen molar-refractivity contribution in [2.45, 2.75) is 0 Å². The smallest absolute Gasteiger partial charge is 0.234 e. The Hall–Kier alpha value is -1.75. The number of hydrogen-bond donors (Lipinski definition) is 0. The van der Waals surface area contributed by atoms with Crippen LogP contribution in [0.25, 0.3) is 11.6 Å². The molecule has 0 amide bonds. The number of halogens is 1. The summed E-state index contributed by atoms with van der Waals surface area (Å²) in [4.78, 5) is 23.9. The molecule has 0 aromatic heterocycles. The molecular formula is C16H9IO2. The van der Waals surface area contributed by atoms with E-state index in [1.165, 1.54) is 0 Å². The second kappa shape index (κ2) is 4.74. The molecule has 3 heteroatoms. The van der Waals surface area contributed by atoms with Crippen molar-refractivity contribution in [3.63, 3.8) is 0 Å². The van der Waals surface area contributed by atoms with Crippen molar-refractivity contribution in [3.05, 3.63) is 68.8 Å². The predicted molar refractivity (Wildman–Crippen MR) is 82.8 cm³/mol. The molecule has 3 rings (SSSR count). The van der Waals surface area contributed by atoms with E-state index < -0.39 is 11.6 Å². The lowest BCUT2D eigenvalue weighted by Gasteiger charge is -1.99. The van der Waals surface area contributed by atoms with Crippen molar-refractivity contribution in [2.24, 2.45) is 0 Å². The minimum Gasteiger partial charge on any atom is -0.285 e. The van der Waals surface area contributed by atoms with E-state index in [0.717, 1.165) is 14.7 Å². The van der Waals surface area contributed by atoms with E-state index in [0.29, 0.717) is 11.1 Å². The van der Waals surface area contributed by atoms with Crippen molar-refractivity contribution >= 4 is 45.8 Å². The summed E-state index contributed by atoms with van der Waals surface area (Å²) in [6, 6.07) is 15.0. The van der Waals surface area contributed by atoms with Crippen LogP contribution in [0.3, 0.4) is 0 Å². The molecule has 1 aliphatic rings. The molecule has 2 nitrogen and oxygen atoms in total. The van der Waals surface area contributed by atoms with Gasteiger partial charge in [-0.25, -0.2) is 0 Å². The Morgan fingerprint density at radius 1 is 0.842 bits per heavy atom. The van der Waals surface area contributed by atoms with Gasteiger partial charge >= 0.3 is 0 Å². The van der Waals surface area contributed by atoms with Gasteiger partial charge in [0.25, 0.3) is 0 Å². The highest BCUT2D eigenvalue weighted by atomic mass is 127. The number of benzene rings is 2. The molecule has 0 N–H and O–H groups in total. The summed E-state index contributed by atoms with van der Waals surface area (Å²) < 4.78 is 1.09. The maximum absolute atomic E-state index is 12.0. The number of Topliss-reactive ketones (excluding diaryl/α,β-unsaturated/α-hetero) is 2. The SMILES string of the molecule is O=C1C(=O)c2ccccc2C1=Cc1cccc(I)c1. The zero-order valence-electron chi connectivity index (χ0n) is 9.89. The molecule has 1 aliphatic carbocycles. The Morgan fingerprint density at radius 3 is 2.32 bits per heavy atom. The van der Waals surface area contributed by atoms with Gasteiger partial charge in [0, 0.05) is 14.7 Å². The van der Waals surface area contributed by atoms with E-state index in [1.807, 2.05) is 36.4 Å². The van der Waals surface area contributed by atoms with Crippen LogP contribution >= 0.6 is 22.6 Å². The van der Waals surface area contributed by atoms with Crippen molar-refractivity contribution in [2.75, 3.05) is 0 Å². The normalized spacial score (nSPS) is 15.9. The quantitative estimate of drug-likeness (QED) is 0.443. The zero-order chi connectivity index (χ0) is 13.4. The summed E-state index contributed by atoms with van der Waals surface area (Å²) in [6.07, 6.45) is 1.79. The average Bonchev–Trinajstić information content (AvgIpc) is 2.65. The fourth-order valence-corrected chi connectivity index (χ4v) is 2.76. The van der Waals surface area contributed by atoms with Crippen LogP contribution < -0.4 is 0 Å². The molecule has 0 radical (unpaired) electrons. The highest BCUT2D eigenvalue weighted by Gasteiger charge is 2.32. The van der Waals surface area contributed by atoms with Crippen LogP contribution in [0.4, 0.5) is 0 Å². The third-order valence-electron chi connectivity index (χ3n) is 3.07. The second-order valence-corrected chi connectivity index (χ2v) is 5.56. The molecule has 0 bridgehead atoms. The Kier molecular flexibility index (Phi) is 3.06. The van der Waals surface area contributed by atoms with Crippen molar-refractivity contribution < 1.29 is 9.59 Å². The maximum atomic E-state index is 12.0. The van der Waals surface area contributed by atoms with Crippen LogP contribution in [0.2, 0.25) is 0 Å². The number of ketones is 2. The van der Waals surface area contributed by atoms with E-state index in [1.54, 1.807) is 18.2 Å². The van der Waals surface area contributed by atoms with Gasteiger partial charge in [-0.2, -0.15) is 0 Å². The van der Waals surface area contributed by atoms with E-state index in [4.69, 9.17) is 0 Å². The summed E-state index contributed by atoms with van der Waals surface area (Å²) in [5.74, 6) is -0.826. The Bertz CT molecular complexity index is 729. The number of carbonyl (C=O) groups excluding carboxylic acids is 2. The molecule has 0 heterocycles. The van der Waals surface area contributed by atoms with Crippen LogP contribution in [0.1, 0.15) is 21.5 Å². The molecule has 0 saturated carbocycles. The third-order valence-corrected chi connectivity index (χ3v) is 3.74. The van der Waals surface area contributed by atoms with Crippen molar-refractivity contribution in [1.29, 1.82) is 0 Å². The van der Waals surface area contributed by atoms with Gasteiger partial charge in [0.15, 0.2) is 0 Å². The van der Waals surface area contributed by atoms with Gasteiger partial charge in [-0.15, -0.1) is 0 Å². The van der Waals surface area contributed by atoms with Gasteiger partial charge in [-0.3, -0.25) is 9.59 Å². The molecule has 0 unspecified atom stereocenters. The summed E-state index contributed by atoms with van der Waals surface area (Å²) in [5, 5.41) is 0. The highest BCUT2D eigenvalue weighted by Crippen LogP contribution is 2.31. The van der Waals surface area contributed by atoms with Crippen LogP contribution in [0, 0.1) is 3.57 Å². The average molecular weight is 360 g/mol. The van der Waals surface area contributed by atoms with Gasteiger partial charge in [0.1, 0.15) is 0 Å². The molecule has 0 aliphatic heterocycles. The molecule has 0 saturated heterocycles. The fourth-order valence-electron chi connectivity index (χ4n) is 2.19. The van der Waals surface area contributed by atoms with Gasteiger partial charge in [0.2, 0.25) is 11.6 Å². The Morgan fingerprint density at radius 2 is 1.58 bits per heavy atom. The number of rotatable bonds is 1. The van der Waals surface area contributed by atoms with E-state index in [-0.39, 0.29) is 0 Å². The zero-order valence-corrected chi connectivity index (χ0v) is 12.0. The van der Waals surface area contributed by atoms with Crippen molar-refractivity contribution in [1.82, 2.24) is 0 Å². The molecule has 2 aromatic rings. The molecule has 0 spiro atoms. The highest BCUT2D eigenvalue weighted by molar-refractivity contribution is 14.1. The molecule has 0 fully saturated rings. The van der Waals surface area contributed by atoms with Gasteiger partial charge in [0.05, 0.1) is 0 Å². The lowest BCUT2D eigenvalue weighted by molar-refractivity contribution is -0.109. The maximum Gasteiger partial charge on any atom is 0.234 e. The van der Waals surface area contributed by atoms with Crippen molar-refractivity contribution in [3.8, 4) is 0 Å². The number of hydrogen-bond acceptors (Lipinski definition) is 2. The minimum absolute atomic E-state index is 0.410. The third kappa shape index (κ3) is 2.14. The van der Waals surface area contributed by atoms with Crippen LogP contribution in [0.5, 0.6) is 0 Å². The fraction of sp³-hybridized carbons (Fsp3) is 0. The predicted octanol–water partition coefficient (Wildman–Crippen LogP) is 3.60. The number of allylic oxidation sites excluding steroid dienone is 1. The first-order chi connectivity index (χ1) is 9.16. The largest absolute Gasteiger partial charge is 0.285 e. The molecule has 0 atom stereocenters. The number of fused-ring (bicyclic) bond motifs is 1. The topological polar surface area (TPSA) is 34.1 Å². The first kappa shape index (κ1) is 12.3. The van der Waals surface area contributed by atoms with Gasteiger partial charge in [-0.05, 0) is 51.9 Å². The second-order valence-electron chi connectivity index (χ2n) is 4.32. The summed E-state index contributed by atoms with van der Waals surface area (Å²) in [7, 11) is 0. The first-order valence-electron chi connectivity index (χ1n) is 5.82. The molecule has 92 valence electrons. The van der Waals surface area contributed by atoms with E-state index >= 15 is 0 Å². The minimum atomic E-state index is -0.417. The monoisotopic (exact) mass is 360 g/mol. The van der Waals surface area contributed by atoms with E-state index in [2.05, 4.69) is 22.6 Å². The standard InChI is InChI=1S/C16H9IO2/c17-11-5-3-4-10(8-11)9-14-12-6-1-2-7-13(12)15(18)16(14)19/h1-9H. The van der Waals surface area contributed by atoms with Gasteiger partial charge < -0.3 is 0 Å². The van der Waals surface area contributed by atoms with Crippen LogP contribution in [-0.4, -0.2) is 11.6 Å². The first-order valence-corrected chi connectivity index (χ1v) is 6.90. The summed E-state index contributed by atoms with van der Waals surface area (Å²) in [6.45, 7) is 0. The number of carbonyl (C=O) groups is 2. The summed E-state index contributed by atoms with van der Waals surface area (Å²) in [5.41, 5.74) is 2.66. The Balaban J connectivity index is 2.16. The van der Waals surface area contributed by atoms with Crippen LogP contribution in [-0.2, 0) is 4.79 Å². The van der Waals surface area contributed by atoms with Crippen LogP contribution in [0.15, 0.2) is 48.5 Å². The molecular weight excluding hydrogens is 351 g/mol. The molecule has 19 heavy (non-hydrogen) atoms. The summed E-state index contributed by atoms with van der Waals surface area (Å²) >= 11 is 2.22. The lowest BCUT2D eigenvalue weighted by atomic mass is 10.0. The van der Waals surface area contributed by atoms with E-state index in [9.17, 15) is 9.59 Å².